The van der Waals surface area contributed by atoms with Gasteiger partial charge in [0.05, 0.1) is 22.8 Å². The number of halogens is 1. The number of fused-ring (bicyclic) bond motifs is 1. The number of hydrogen-bond acceptors (Lipinski definition) is 5. The van der Waals surface area contributed by atoms with Gasteiger partial charge in [-0.25, -0.2) is 4.79 Å². The Morgan fingerprint density at radius 1 is 1.19 bits per heavy atom. The van der Waals surface area contributed by atoms with Crippen LogP contribution in [0.25, 0.3) is 11.1 Å². The molecule has 1 aromatic heterocycles. The molecule has 1 amide bonds. The van der Waals surface area contributed by atoms with Gasteiger partial charge in [-0.05, 0) is 31.2 Å². The SMILES string of the molecule is CCOCCOc1c(Cl)cccc1NC(=O)Cn1c(=O)oc2ccccc21. The lowest BCUT2D eigenvalue weighted by Crippen LogP contribution is -2.25. The first-order valence-corrected chi connectivity index (χ1v) is 8.85. The molecule has 1 N–H and O–H groups in total. The minimum absolute atomic E-state index is 0.194. The van der Waals surface area contributed by atoms with E-state index in [1.807, 2.05) is 6.92 Å². The van der Waals surface area contributed by atoms with E-state index in [1.54, 1.807) is 42.5 Å². The summed E-state index contributed by atoms with van der Waals surface area (Å²) >= 11 is 6.18. The van der Waals surface area contributed by atoms with Gasteiger partial charge in [-0.3, -0.25) is 9.36 Å². The first-order chi connectivity index (χ1) is 13.1. The molecule has 0 atom stereocenters. The number of anilines is 1. The van der Waals surface area contributed by atoms with Crippen LogP contribution in [-0.4, -0.2) is 30.3 Å². The molecule has 0 radical (unpaired) electrons. The molecule has 2 aromatic carbocycles. The van der Waals surface area contributed by atoms with Crippen LogP contribution in [0.4, 0.5) is 5.69 Å². The third-order valence-corrected chi connectivity index (χ3v) is 4.09. The van der Waals surface area contributed by atoms with Crippen molar-refractivity contribution in [1.82, 2.24) is 4.57 Å². The van der Waals surface area contributed by atoms with Crippen molar-refractivity contribution in [3.05, 3.63) is 58.0 Å². The molecule has 0 saturated carbocycles. The number of nitrogens with zero attached hydrogens (tertiary/aromatic N) is 1. The van der Waals surface area contributed by atoms with E-state index < -0.39 is 11.7 Å². The third kappa shape index (κ3) is 4.50. The highest BCUT2D eigenvalue weighted by molar-refractivity contribution is 6.32. The van der Waals surface area contributed by atoms with E-state index in [1.165, 1.54) is 4.57 Å². The highest BCUT2D eigenvalue weighted by atomic mass is 35.5. The predicted molar refractivity (Wildman–Crippen MR) is 103 cm³/mol. The summed E-state index contributed by atoms with van der Waals surface area (Å²) in [7, 11) is 0. The summed E-state index contributed by atoms with van der Waals surface area (Å²) in [5, 5.41) is 3.10. The molecule has 142 valence electrons. The van der Waals surface area contributed by atoms with Gasteiger partial charge in [0, 0.05) is 6.61 Å². The number of benzene rings is 2. The zero-order valence-corrected chi connectivity index (χ0v) is 15.5. The Balaban J connectivity index is 1.75. The number of carbonyl (C=O) groups is 1. The van der Waals surface area contributed by atoms with Gasteiger partial charge in [-0.2, -0.15) is 0 Å². The van der Waals surface area contributed by atoms with Gasteiger partial charge in [0.25, 0.3) is 0 Å². The molecular formula is C19H19ClN2O5. The summed E-state index contributed by atoms with van der Waals surface area (Å²) < 4.78 is 17.3. The van der Waals surface area contributed by atoms with E-state index in [-0.39, 0.29) is 6.54 Å². The second kappa shape index (κ2) is 8.75. The second-order valence-corrected chi connectivity index (χ2v) is 6.04. The number of rotatable bonds is 8. The Morgan fingerprint density at radius 2 is 2.00 bits per heavy atom. The Kier molecular flexibility index (Phi) is 6.16. The summed E-state index contributed by atoms with van der Waals surface area (Å²) in [5.74, 6) is -0.636. The summed E-state index contributed by atoms with van der Waals surface area (Å²) in [4.78, 5) is 24.5. The Labute approximate surface area is 160 Å². The lowest BCUT2D eigenvalue weighted by atomic mass is 10.3. The van der Waals surface area contributed by atoms with Crippen LogP contribution >= 0.6 is 11.6 Å². The third-order valence-electron chi connectivity index (χ3n) is 3.79. The molecule has 3 aromatic rings. The zero-order chi connectivity index (χ0) is 19.2. The molecule has 0 bridgehead atoms. The van der Waals surface area contributed by atoms with Crippen molar-refractivity contribution in [3.63, 3.8) is 0 Å². The molecule has 0 saturated heterocycles. The van der Waals surface area contributed by atoms with Crippen LogP contribution in [0, 0.1) is 0 Å². The van der Waals surface area contributed by atoms with Crippen molar-refractivity contribution >= 4 is 34.3 Å². The number of ether oxygens (including phenoxy) is 2. The fraction of sp³-hybridized carbons (Fsp3) is 0.263. The highest BCUT2D eigenvalue weighted by Crippen LogP contribution is 2.33. The molecule has 0 aliphatic rings. The first kappa shape index (κ1) is 19.0. The van der Waals surface area contributed by atoms with Crippen molar-refractivity contribution < 1.29 is 18.7 Å². The Bertz CT molecular complexity index is 995. The molecule has 27 heavy (non-hydrogen) atoms. The number of amides is 1. The van der Waals surface area contributed by atoms with Crippen molar-refractivity contribution in [2.75, 3.05) is 25.1 Å². The maximum absolute atomic E-state index is 12.5. The van der Waals surface area contributed by atoms with Crippen molar-refractivity contribution in [3.8, 4) is 5.75 Å². The fourth-order valence-corrected chi connectivity index (χ4v) is 2.83. The molecule has 0 spiro atoms. The monoisotopic (exact) mass is 390 g/mol. The quantitative estimate of drug-likeness (QED) is 0.597. The van der Waals surface area contributed by atoms with E-state index in [0.29, 0.717) is 47.4 Å². The molecule has 3 rings (SSSR count). The highest BCUT2D eigenvalue weighted by Gasteiger charge is 2.15. The van der Waals surface area contributed by atoms with E-state index in [2.05, 4.69) is 5.32 Å². The molecule has 7 nitrogen and oxygen atoms in total. The first-order valence-electron chi connectivity index (χ1n) is 8.47. The fourth-order valence-electron chi connectivity index (χ4n) is 2.60. The lowest BCUT2D eigenvalue weighted by molar-refractivity contribution is -0.116. The van der Waals surface area contributed by atoms with Crippen LogP contribution in [0.3, 0.4) is 0 Å². The van der Waals surface area contributed by atoms with Gasteiger partial charge >= 0.3 is 5.76 Å². The van der Waals surface area contributed by atoms with Gasteiger partial charge in [0.2, 0.25) is 5.91 Å². The van der Waals surface area contributed by atoms with Gasteiger partial charge < -0.3 is 19.2 Å². The van der Waals surface area contributed by atoms with Crippen LogP contribution < -0.4 is 15.8 Å². The topological polar surface area (TPSA) is 82.7 Å². The maximum Gasteiger partial charge on any atom is 0.420 e. The van der Waals surface area contributed by atoms with Gasteiger partial charge in [0.15, 0.2) is 11.3 Å². The minimum Gasteiger partial charge on any atom is -0.487 e. The molecule has 0 unspecified atom stereocenters. The number of oxazole rings is 1. The molecular weight excluding hydrogens is 372 g/mol. The van der Waals surface area contributed by atoms with Crippen LogP contribution in [0.5, 0.6) is 5.75 Å². The molecule has 0 aliphatic heterocycles. The predicted octanol–water partition coefficient (Wildman–Crippen LogP) is 3.30. The molecule has 1 heterocycles. The van der Waals surface area contributed by atoms with Crippen molar-refractivity contribution in [2.45, 2.75) is 13.5 Å². The number of aromatic nitrogens is 1. The number of nitrogens with one attached hydrogen (secondary N) is 1. The van der Waals surface area contributed by atoms with Crippen molar-refractivity contribution in [2.24, 2.45) is 0 Å². The number of hydrogen-bond donors (Lipinski definition) is 1. The Hall–Kier alpha value is -2.77. The molecule has 0 fully saturated rings. The summed E-state index contributed by atoms with van der Waals surface area (Å²) in [6.45, 7) is 2.99. The Morgan fingerprint density at radius 3 is 2.81 bits per heavy atom. The zero-order valence-electron chi connectivity index (χ0n) is 14.7. The van der Waals surface area contributed by atoms with Gasteiger partial charge in [-0.15, -0.1) is 0 Å². The summed E-state index contributed by atoms with van der Waals surface area (Å²) in [6.07, 6.45) is 0. The minimum atomic E-state index is -0.592. The smallest absolute Gasteiger partial charge is 0.420 e. The largest absolute Gasteiger partial charge is 0.487 e. The number of carbonyl (C=O) groups excluding carboxylic acids is 1. The van der Waals surface area contributed by atoms with Crippen LogP contribution in [0.15, 0.2) is 51.7 Å². The molecule has 8 heteroatoms. The second-order valence-electron chi connectivity index (χ2n) is 5.63. The average Bonchev–Trinajstić information content (AvgIpc) is 2.96. The van der Waals surface area contributed by atoms with E-state index in [4.69, 9.17) is 25.5 Å². The van der Waals surface area contributed by atoms with E-state index >= 15 is 0 Å². The number of para-hydroxylation sites is 3. The lowest BCUT2D eigenvalue weighted by Gasteiger charge is -2.14. The molecule has 0 aliphatic carbocycles. The van der Waals surface area contributed by atoms with Crippen LogP contribution in [0.1, 0.15) is 6.92 Å². The standard InChI is InChI=1S/C19H19ClN2O5/c1-2-25-10-11-26-18-13(20)6-5-7-14(18)21-17(23)12-22-15-8-3-4-9-16(15)27-19(22)24/h3-9H,2,10-12H2,1H3,(H,21,23). The van der Waals surface area contributed by atoms with E-state index in [0.717, 1.165) is 0 Å². The van der Waals surface area contributed by atoms with Gasteiger partial charge in [-0.1, -0.05) is 29.8 Å². The van der Waals surface area contributed by atoms with E-state index in [9.17, 15) is 9.59 Å². The summed E-state index contributed by atoms with van der Waals surface area (Å²) in [6, 6.07) is 12.0. The van der Waals surface area contributed by atoms with Crippen molar-refractivity contribution in [1.29, 1.82) is 0 Å². The normalized spacial score (nSPS) is 10.9. The van der Waals surface area contributed by atoms with Crippen LogP contribution in [0.2, 0.25) is 5.02 Å². The average molecular weight is 391 g/mol. The summed E-state index contributed by atoms with van der Waals surface area (Å²) in [5.41, 5.74) is 1.40. The maximum atomic E-state index is 12.5. The van der Waals surface area contributed by atoms with Crippen LogP contribution in [-0.2, 0) is 16.1 Å². The van der Waals surface area contributed by atoms with Gasteiger partial charge in [0.1, 0.15) is 13.2 Å².